The Hall–Kier alpha value is -2.38. The smallest absolute Gasteiger partial charge is 0.255 e. The summed E-state index contributed by atoms with van der Waals surface area (Å²) in [6.45, 7) is 0. The van der Waals surface area contributed by atoms with Crippen molar-refractivity contribution in [1.82, 2.24) is 0 Å². The largest absolute Gasteiger partial charge is 0.366 e. The third-order valence-electron chi connectivity index (χ3n) is 3.00. The molecule has 2 amide bonds. The van der Waals surface area contributed by atoms with Crippen molar-refractivity contribution < 1.29 is 18.0 Å². The number of carbonyl (C=O) groups is 2. The Morgan fingerprint density at radius 3 is 2.39 bits per heavy atom. The number of carbonyl (C=O) groups excluding carboxylic acids is 2. The van der Waals surface area contributed by atoms with Gasteiger partial charge in [0, 0.05) is 23.1 Å². The summed E-state index contributed by atoms with van der Waals surface area (Å²) in [7, 11) is -3.55. The Kier molecular flexibility index (Phi) is 4.72. The second-order valence-electron chi connectivity index (χ2n) is 4.82. The number of nitrogens with one attached hydrogen (secondary N) is 1. The van der Waals surface area contributed by atoms with Gasteiger partial charge >= 0.3 is 0 Å². The highest BCUT2D eigenvalue weighted by atomic mass is 35.5. The predicted molar refractivity (Wildman–Crippen MR) is 87.5 cm³/mol. The molecule has 0 bridgehead atoms. The molecule has 23 heavy (non-hydrogen) atoms. The van der Waals surface area contributed by atoms with Crippen LogP contribution in [0.1, 0.15) is 20.7 Å². The normalized spacial score (nSPS) is 11.0. The van der Waals surface area contributed by atoms with Crippen LogP contribution in [0.25, 0.3) is 0 Å². The lowest BCUT2D eigenvalue weighted by Crippen LogP contribution is -2.15. The molecule has 0 heterocycles. The second-order valence-corrected chi connectivity index (χ2v) is 7.21. The van der Waals surface area contributed by atoms with Crippen molar-refractivity contribution in [2.75, 3.05) is 11.6 Å². The first-order chi connectivity index (χ1) is 10.7. The zero-order valence-electron chi connectivity index (χ0n) is 12.0. The molecule has 2 aromatic carbocycles. The van der Waals surface area contributed by atoms with Crippen LogP contribution in [0.3, 0.4) is 0 Å². The van der Waals surface area contributed by atoms with Crippen LogP contribution < -0.4 is 11.1 Å². The number of hydrogen-bond acceptors (Lipinski definition) is 4. The molecule has 0 atom stereocenters. The van der Waals surface area contributed by atoms with E-state index in [1.807, 2.05) is 0 Å². The van der Waals surface area contributed by atoms with Crippen LogP contribution in [-0.2, 0) is 9.84 Å². The topological polar surface area (TPSA) is 106 Å². The Balaban J connectivity index is 2.32. The first-order valence-corrected chi connectivity index (χ1v) is 8.66. The van der Waals surface area contributed by atoms with Gasteiger partial charge in [-0.1, -0.05) is 17.7 Å². The Morgan fingerprint density at radius 2 is 1.78 bits per heavy atom. The average Bonchev–Trinajstić information content (AvgIpc) is 2.46. The van der Waals surface area contributed by atoms with Gasteiger partial charge in [-0.05, 0) is 36.4 Å². The van der Waals surface area contributed by atoms with Gasteiger partial charge in [-0.3, -0.25) is 9.59 Å². The van der Waals surface area contributed by atoms with Gasteiger partial charge in [-0.25, -0.2) is 8.42 Å². The molecule has 0 spiro atoms. The highest BCUT2D eigenvalue weighted by Gasteiger charge is 2.16. The maximum Gasteiger partial charge on any atom is 0.255 e. The fourth-order valence-corrected chi connectivity index (χ4v) is 3.18. The van der Waals surface area contributed by atoms with Gasteiger partial charge in [0.15, 0.2) is 9.84 Å². The molecule has 0 aliphatic rings. The summed E-state index contributed by atoms with van der Waals surface area (Å²) in [5.41, 5.74) is 5.91. The Labute approximate surface area is 138 Å². The lowest BCUT2D eigenvalue weighted by Gasteiger charge is -2.08. The first-order valence-electron chi connectivity index (χ1n) is 6.39. The number of benzene rings is 2. The van der Waals surface area contributed by atoms with E-state index in [0.29, 0.717) is 5.69 Å². The Morgan fingerprint density at radius 1 is 1.09 bits per heavy atom. The lowest BCUT2D eigenvalue weighted by atomic mass is 10.1. The maximum atomic E-state index is 12.2. The maximum absolute atomic E-state index is 12.2. The minimum Gasteiger partial charge on any atom is -0.366 e. The third-order valence-corrected chi connectivity index (χ3v) is 4.58. The summed E-state index contributed by atoms with van der Waals surface area (Å²) in [4.78, 5) is 23.2. The molecule has 0 saturated heterocycles. The summed E-state index contributed by atoms with van der Waals surface area (Å²) in [6.07, 6.45) is 1.01. The Bertz CT molecular complexity index is 894. The number of hydrogen-bond donors (Lipinski definition) is 2. The van der Waals surface area contributed by atoms with Crippen molar-refractivity contribution >= 4 is 38.9 Å². The van der Waals surface area contributed by atoms with E-state index >= 15 is 0 Å². The standard InChI is InChI=1S/C15H13ClN2O4S/c1-23(21,22)13-8-10(5-6-12(13)16)15(20)18-11-4-2-3-9(7-11)14(17)19/h2-8H,1H3,(H2,17,19)(H,18,20). The molecule has 0 radical (unpaired) electrons. The van der Waals surface area contributed by atoms with E-state index < -0.39 is 21.7 Å². The molecular weight excluding hydrogens is 340 g/mol. The molecule has 0 aliphatic carbocycles. The number of nitrogens with two attached hydrogens (primary N) is 1. The van der Waals surface area contributed by atoms with Gasteiger partial charge in [0.2, 0.25) is 5.91 Å². The van der Waals surface area contributed by atoms with E-state index in [1.165, 1.54) is 30.3 Å². The second kappa shape index (κ2) is 6.39. The van der Waals surface area contributed by atoms with Crippen LogP contribution >= 0.6 is 11.6 Å². The molecule has 120 valence electrons. The summed E-state index contributed by atoms with van der Waals surface area (Å²) < 4.78 is 23.3. The van der Waals surface area contributed by atoms with Gasteiger partial charge in [0.25, 0.3) is 5.91 Å². The van der Waals surface area contributed by atoms with Crippen LogP contribution in [0.4, 0.5) is 5.69 Å². The van der Waals surface area contributed by atoms with Crippen molar-refractivity contribution in [2.24, 2.45) is 5.73 Å². The molecule has 6 nitrogen and oxygen atoms in total. The molecule has 0 unspecified atom stereocenters. The van der Waals surface area contributed by atoms with Crippen molar-refractivity contribution in [1.29, 1.82) is 0 Å². The summed E-state index contributed by atoms with van der Waals surface area (Å²) >= 11 is 5.84. The minimum absolute atomic E-state index is 0.0415. The first kappa shape index (κ1) is 17.0. The van der Waals surface area contributed by atoms with Crippen LogP contribution in [0.5, 0.6) is 0 Å². The predicted octanol–water partition coefficient (Wildman–Crippen LogP) is 2.09. The number of anilines is 1. The number of sulfone groups is 1. The molecule has 3 N–H and O–H groups in total. The number of halogens is 1. The summed E-state index contributed by atoms with van der Waals surface area (Å²) in [5, 5.41) is 2.61. The van der Waals surface area contributed by atoms with Crippen molar-refractivity contribution in [3.63, 3.8) is 0 Å². The average molecular weight is 353 g/mol. The third kappa shape index (κ3) is 4.08. The molecule has 8 heteroatoms. The SMILES string of the molecule is CS(=O)(=O)c1cc(C(=O)Nc2cccc(C(N)=O)c2)ccc1Cl. The van der Waals surface area contributed by atoms with Crippen LogP contribution in [0.2, 0.25) is 5.02 Å². The zero-order valence-corrected chi connectivity index (χ0v) is 13.6. The lowest BCUT2D eigenvalue weighted by molar-refractivity contribution is 0.0996. The molecule has 2 rings (SSSR count). The van der Waals surface area contributed by atoms with Gasteiger partial charge in [0.1, 0.15) is 0 Å². The van der Waals surface area contributed by atoms with Gasteiger partial charge in [0.05, 0.1) is 9.92 Å². The minimum atomic E-state index is -3.55. The van der Waals surface area contributed by atoms with E-state index in [1.54, 1.807) is 12.1 Å². The van der Waals surface area contributed by atoms with Gasteiger partial charge in [-0.15, -0.1) is 0 Å². The van der Waals surface area contributed by atoms with Gasteiger partial charge < -0.3 is 11.1 Å². The van der Waals surface area contributed by atoms with E-state index in [9.17, 15) is 18.0 Å². The monoisotopic (exact) mass is 352 g/mol. The molecule has 0 saturated carbocycles. The zero-order chi connectivity index (χ0) is 17.2. The van der Waals surface area contributed by atoms with Gasteiger partial charge in [-0.2, -0.15) is 0 Å². The number of rotatable bonds is 4. The fraction of sp³-hybridized carbons (Fsp3) is 0.0667. The fourth-order valence-electron chi connectivity index (χ4n) is 1.88. The molecule has 0 aliphatic heterocycles. The summed E-state index contributed by atoms with van der Waals surface area (Å²) in [5.74, 6) is -1.15. The van der Waals surface area contributed by atoms with Crippen LogP contribution in [0.15, 0.2) is 47.4 Å². The van der Waals surface area contributed by atoms with E-state index in [2.05, 4.69) is 5.32 Å². The number of amides is 2. The molecule has 2 aromatic rings. The van der Waals surface area contributed by atoms with Crippen LogP contribution in [-0.4, -0.2) is 26.5 Å². The van der Waals surface area contributed by atoms with Crippen LogP contribution in [0, 0.1) is 0 Å². The molecular formula is C15H13ClN2O4S. The van der Waals surface area contributed by atoms with E-state index in [0.717, 1.165) is 6.26 Å². The van der Waals surface area contributed by atoms with E-state index in [-0.39, 0.29) is 21.0 Å². The highest BCUT2D eigenvalue weighted by molar-refractivity contribution is 7.90. The van der Waals surface area contributed by atoms with Crippen molar-refractivity contribution in [3.05, 3.63) is 58.6 Å². The molecule has 0 fully saturated rings. The summed E-state index contributed by atoms with van der Waals surface area (Å²) in [6, 6.07) is 10.0. The highest BCUT2D eigenvalue weighted by Crippen LogP contribution is 2.23. The van der Waals surface area contributed by atoms with Crippen molar-refractivity contribution in [2.45, 2.75) is 4.90 Å². The van der Waals surface area contributed by atoms with Crippen molar-refractivity contribution in [3.8, 4) is 0 Å². The number of primary amides is 1. The van der Waals surface area contributed by atoms with E-state index in [4.69, 9.17) is 17.3 Å². The molecule has 0 aromatic heterocycles. The quantitative estimate of drug-likeness (QED) is 0.878.